The molecule has 0 spiro atoms. The van der Waals surface area contributed by atoms with Crippen molar-refractivity contribution in [3.8, 4) is 0 Å². The molecule has 0 aliphatic heterocycles. The quantitative estimate of drug-likeness (QED) is 0.476. The molecule has 156 valence electrons. The van der Waals surface area contributed by atoms with Crippen LogP contribution in [-0.2, 0) is 11.3 Å². The predicted molar refractivity (Wildman–Crippen MR) is 119 cm³/mol. The number of imidazole rings is 1. The maximum absolute atomic E-state index is 12.2. The fraction of sp³-hybridized carbons (Fsp3) is 0.261. The van der Waals surface area contributed by atoms with Gasteiger partial charge in [-0.1, -0.05) is 6.07 Å². The van der Waals surface area contributed by atoms with Crippen LogP contribution in [-0.4, -0.2) is 34.5 Å². The van der Waals surface area contributed by atoms with Crippen LogP contribution in [0.3, 0.4) is 0 Å². The molecule has 0 atom stereocenters. The van der Waals surface area contributed by atoms with Gasteiger partial charge in [0.05, 0.1) is 12.9 Å². The van der Waals surface area contributed by atoms with E-state index >= 15 is 0 Å². The van der Waals surface area contributed by atoms with Crippen LogP contribution in [0.2, 0.25) is 0 Å². The highest BCUT2D eigenvalue weighted by Gasteiger charge is 2.07. The second kappa shape index (κ2) is 10.2. The standard InChI is InChI=1S/C23H27N5O2/c1-17-4-7-21(14-18(17)2)26-15-22(29)27-20-8-5-19(6-9-20)23(30)25-10-3-12-28-13-11-24-16-28/h4-9,11,13-14,16,26H,3,10,12,15H2,1-2H3,(H,25,30)(H,27,29). The first kappa shape index (κ1) is 21.1. The first-order valence-electron chi connectivity index (χ1n) is 9.96. The molecule has 7 heteroatoms. The molecule has 7 nitrogen and oxygen atoms in total. The van der Waals surface area contributed by atoms with Crippen LogP contribution < -0.4 is 16.0 Å². The van der Waals surface area contributed by atoms with Crippen LogP contribution in [0.1, 0.15) is 27.9 Å². The Balaban J connectivity index is 1.41. The zero-order valence-electron chi connectivity index (χ0n) is 17.3. The lowest BCUT2D eigenvalue weighted by Crippen LogP contribution is -2.25. The van der Waals surface area contributed by atoms with E-state index < -0.39 is 0 Å². The van der Waals surface area contributed by atoms with Crippen molar-refractivity contribution >= 4 is 23.2 Å². The molecular formula is C23H27N5O2. The van der Waals surface area contributed by atoms with Crippen LogP contribution in [0.5, 0.6) is 0 Å². The third-order valence-electron chi connectivity index (χ3n) is 4.83. The number of benzene rings is 2. The number of anilines is 2. The van der Waals surface area contributed by atoms with Gasteiger partial charge >= 0.3 is 0 Å². The van der Waals surface area contributed by atoms with Gasteiger partial charge in [-0.2, -0.15) is 0 Å². The summed E-state index contributed by atoms with van der Waals surface area (Å²) in [6.07, 6.45) is 6.21. The minimum atomic E-state index is -0.148. The van der Waals surface area contributed by atoms with Crippen molar-refractivity contribution in [2.24, 2.45) is 0 Å². The van der Waals surface area contributed by atoms with E-state index in [1.54, 1.807) is 36.8 Å². The molecule has 3 aromatic rings. The van der Waals surface area contributed by atoms with Crippen molar-refractivity contribution in [2.75, 3.05) is 23.7 Å². The van der Waals surface area contributed by atoms with Gasteiger partial charge in [-0.15, -0.1) is 0 Å². The second-order valence-corrected chi connectivity index (χ2v) is 7.19. The molecule has 3 rings (SSSR count). The van der Waals surface area contributed by atoms with Crippen molar-refractivity contribution in [1.29, 1.82) is 0 Å². The lowest BCUT2D eigenvalue weighted by Gasteiger charge is -2.10. The number of carbonyl (C=O) groups excluding carboxylic acids is 2. The molecule has 3 N–H and O–H groups in total. The molecule has 0 bridgehead atoms. The lowest BCUT2D eigenvalue weighted by molar-refractivity contribution is -0.114. The first-order valence-corrected chi connectivity index (χ1v) is 9.96. The number of amides is 2. The van der Waals surface area contributed by atoms with Crippen molar-refractivity contribution < 1.29 is 9.59 Å². The highest BCUT2D eigenvalue weighted by Crippen LogP contribution is 2.14. The Labute approximate surface area is 176 Å². The molecule has 0 aliphatic carbocycles. The second-order valence-electron chi connectivity index (χ2n) is 7.19. The molecule has 0 saturated heterocycles. The number of carbonyl (C=O) groups is 2. The van der Waals surface area contributed by atoms with Gasteiger partial charge in [0, 0.05) is 42.4 Å². The van der Waals surface area contributed by atoms with E-state index in [0.717, 1.165) is 18.7 Å². The summed E-state index contributed by atoms with van der Waals surface area (Å²) in [6, 6.07) is 12.9. The molecule has 2 amide bonds. The summed E-state index contributed by atoms with van der Waals surface area (Å²) in [6.45, 7) is 5.65. The number of hydrogen-bond donors (Lipinski definition) is 3. The number of nitrogens with zero attached hydrogens (tertiary/aromatic N) is 2. The van der Waals surface area contributed by atoms with E-state index in [2.05, 4.69) is 27.9 Å². The van der Waals surface area contributed by atoms with Crippen LogP contribution in [0, 0.1) is 13.8 Å². The van der Waals surface area contributed by atoms with Gasteiger partial charge in [0.1, 0.15) is 0 Å². The molecule has 2 aromatic carbocycles. The topological polar surface area (TPSA) is 88.0 Å². The van der Waals surface area contributed by atoms with E-state index in [1.807, 2.05) is 35.9 Å². The van der Waals surface area contributed by atoms with Crippen molar-refractivity contribution in [3.05, 3.63) is 77.9 Å². The molecule has 1 aromatic heterocycles. The Morgan fingerprint density at radius 3 is 2.47 bits per heavy atom. The van der Waals surface area contributed by atoms with Crippen molar-refractivity contribution in [2.45, 2.75) is 26.8 Å². The maximum Gasteiger partial charge on any atom is 0.251 e. The largest absolute Gasteiger partial charge is 0.376 e. The normalized spacial score (nSPS) is 10.5. The van der Waals surface area contributed by atoms with Gasteiger partial charge in [-0.25, -0.2) is 4.98 Å². The van der Waals surface area contributed by atoms with Crippen LogP contribution in [0.15, 0.2) is 61.2 Å². The molecule has 0 fully saturated rings. The fourth-order valence-electron chi connectivity index (χ4n) is 2.93. The highest BCUT2D eigenvalue weighted by molar-refractivity contribution is 5.96. The highest BCUT2D eigenvalue weighted by atomic mass is 16.2. The van der Waals surface area contributed by atoms with E-state index in [-0.39, 0.29) is 18.4 Å². The van der Waals surface area contributed by atoms with E-state index in [0.29, 0.717) is 17.8 Å². The Morgan fingerprint density at radius 2 is 1.77 bits per heavy atom. The summed E-state index contributed by atoms with van der Waals surface area (Å²) in [5.41, 5.74) is 4.51. The summed E-state index contributed by atoms with van der Waals surface area (Å²) >= 11 is 0. The molecule has 1 heterocycles. The Hall–Kier alpha value is -3.61. The van der Waals surface area contributed by atoms with Crippen molar-refractivity contribution in [3.63, 3.8) is 0 Å². The molecule has 30 heavy (non-hydrogen) atoms. The van der Waals surface area contributed by atoms with E-state index in [4.69, 9.17) is 0 Å². The molecule has 0 aliphatic rings. The van der Waals surface area contributed by atoms with Gasteiger partial charge in [0.15, 0.2) is 0 Å². The smallest absolute Gasteiger partial charge is 0.251 e. The number of rotatable bonds is 9. The summed E-state index contributed by atoms with van der Waals surface area (Å²) in [7, 11) is 0. The number of aryl methyl sites for hydroxylation is 3. The predicted octanol–water partition coefficient (Wildman–Crippen LogP) is 3.37. The minimum absolute atomic E-state index is 0.130. The third-order valence-corrected chi connectivity index (χ3v) is 4.83. The number of nitrogens with one attached hydrogen (secondary N) is 3. The third kappa shape index (κ3) is 6.20. The van der Waals surface area contributed by atoms with Gasteiger partial charge in [0.25, 0.3) is 5.91 Å². The van der Waals surface area contributed by atoms with Gasteiger partial charge in [-0.05, 0) is 67.8 Å². The van der Waals surface area contributed by atoms with Gasteiger partial charge in [0.2, 0.25) is 5.91 Å². The Morgan fingerprint density at radius 1 is 1.00 bits per heavy atom. The Kier molecular flexibility index (Phi) is 7.21. The SMILES string of the molecule is Cc1ccc(NCC(=O)Nc2ccc(C(=O)NCCCn3ccnc3)cc2)cc1C. The molecule has 0 radical (unpaired) electrons. The van der Waals surface area contributed by atoms with Crippen LogP contribution in [0.4, 0.5) is 11.4 Å². The average Bonchev–Trinajstić information content (AvgIpc) is 3.26. The Bertz CT molecular complexity index is 981. The fourth-order valence-corrected chi connectivity index (χ4v) is 2.93. The monoisotopic (exact) mass is 405 g/mol. The van der Waals surface area contributed by atoms with Crippen molar-refractivity contribution in [1.82, 2.24) is 14.9 Å². The zero-order chi connectivity index (χ0) is 21.3. The lowest BCUT2D eigenvalue weighted by atomic mass is 10.1. The molecule has 0 unspecified atom stereocenters. The minimum Gasteiger partial charge on any atom is -0.376 e. The summed E-state index contributed by atoms with van der Waals surface area (Å²) in [4.78, 5) is 28.4. The number of aromatic nitrogens is 2. The van der Waals surface area contributed by atoms with Gasteiger partial charge in [-0.3, -0.25) is 9.59 Å². The zero-order valence-corrected chi connectivity index (χ0v) is 17.3. The summed E-state index contributed by atoms with van der Waals surface area (Å²) in [5, 5.41) is 8.85. The van der Waals surface area contributed by atoms with Crippen LogP contribution in [0.25, 0.3) is 0 Å². The van der Waals surface area contributed by atoms with E-state index in [9.17, 15) is 9.59 Å². The first-order chi connectivity index (χ1) is 14.5. The summed E-state index contributed by atoms with van der Waals surface area (Å²) in [5.74, 6) is -0.278. The number of hydrogen-bond acceptors (Lipinski definition) is 4. The summed E-state index contributed by atoms with van der Waals surface area (Å²) < 4.78 is 1.97. The molecular weight excluding hydrogens is 378 g/mol. The van der Waals surface area contributed by atoms with Gasteiger partial charge < -0.3 is 20.5 Å². The van der Waals surface area contributed by atoms with Crippen LogP contribution >= 0.6 is 0 Å². The maximum atomic E-state index is 12.2. The molecule has 0 saturated carbocycles. The average molecular weight is 406 g/mol. The van der Waals surface area contributed by atoms with E-state index in [1.165, 1.54) is 11.1 Å².